The molecule has 10 rings (SSSR count). The highest BCUT2D eigenvalue weighted by Gasteiger charge is 2.23. The number of nitriles is 1. The van der Waals surface area contributed by atoms with Gasteiger partial charge in [0.25, 0.3) is 0 Å². The van der Waals surface area contributed by atoms with Crippen LogP contribution in [-0.2, 0) is 13.1 Å². The van der Waals surface area contributed by atoms with Crippen LogP contribution < -0.4 is 4.90 Å². The molecule has 6 nitrogen and oxygen atoms in total. The van der Waals surface area contributed by atoms with Gasteiger partial charge in [-0.1, -0.05) is 60.7 Å². The van der Waals surface area contributed by atoms with Crippen molar-refractivity contribution in [2.24, 2.45) is 0 Å². The van der Waals surface area contributed by atoms with Crippen LogP contribution in [0.4, 0.5) is 17.1 Å². The van der Waals surface area contributed by atoms with E-state index < -0.39 is 0 Å². The van der Waals surface area contributed by atoms with Crippen LogP contribution in [0.2, 0.25) is 0 Å². The largest absolute Gasteiger partial charge is 0.363 e. The fourth-order valence-electron chi connectivity index (χ4n) is 8.21. The standard InChI is InChI=1S/C47H28N6/c1-49-33-15-20-46-42(23-33)43-24-34(50-2)16-21-47(43)53(46)37-18-14-32-29-51(35-8-4-3-5-9-35)28-31-13-17-36(25-39(31)40(32)26-37)52-44-11-7-6-10-38(44)41-22-30(27-48)12-19-45(41)52/h3-26H,28-29H2. The first-order valence-corrected chi connectivity index (χ1v) is 17.5. The predicted molar refractivity (Wildman–Crippen MR) is 214 cm³/mol. The Morgan fingerprint density at radius 3 is 1.55 bits per heavy atom. The molecule has 6 heteroatoms. The minimum Gasteiger partial charge on any atom is -0.363 e. The number of rotatable bonds is 3. The molecule has 246 valence electrons. The molecular weight excluding hydrogens is 649 g/mol. The molecule has 0 amide bonds. The average molecular weight is 677 g/mol. The summed E-state index contributed by atoms with van der Waals surface area (Å²) in [6.07, 6.45) is 0. The number of para-hydroxylation sites is 2. The van der Waals surface area contributed by atoms with Gasteiger partial charge in [0.05, 0.1) is 46.8 Å². The van der Waals surface area contributed by atoms with E-state index in [-0.39, 0.29) is 0 Å². The van der Waals surface area contributed by atoms with Crippen molar-refractivity contribution < 1.29 is 0 Å². The summed E-state index contributed by atoms with van der Waals surface area (Å²) in [4.78, 5) is 9.86. The van der Waals surface area contributed by atoms with E-state index in [2.05, 4.69) is 127 Å². The van der Waals surface area contributed by atoms with Crippen molar-refractivity contribution in [2.45, 2.75) is 13.1 Å². The highest BCUT2D eigenvalue weighted by atomic mass is 15.1. The van der Waals surface area contributed by atoms with Crippen molar-refractivity contribution >= 4 is 60.7 Å². The Balaban J connectivity index is 1.23. The van der Waals surface area contributed by atoms with E-state index in [1.165, 1.54) is 22.4 Å². The number of aromatic nitrogens is 2. The summed E-state index contributed by atoms with van der Waals surface area (Å²) in [7, 11) is 0. The van der Waals surface area contributed by atoms with Gasteiger partial charge < -0.3 is 14.0 Å². The van der Waals surface area contributed by atoms with E-state index in [1.807, 2.05) is 48.5 Å². The summed E-state index contributed by atoms with van der Waals surface area (Å²) >= 11 is 0. The molecule has 0 saturated heterocycles. The minimum absolute atomic E-state index is 0.572. The lowest BCUT2D eigenvalue weighted by molar-refractivity contribution is 0.812. The lowest BCUT2D eigenvalue weighted by Crippen LogP contribution is -2.20. The van der Waals surface area contributed by atoms with Crippen molar-refractivity contribution in [3.8, 4) is 28.6 Å². The summed E-state index contributed by atoms with van der Waals surface area (Å²) in [5, 5.41) is 13.8. The first-order chi connectivity index (χ1) is 26.1. The summed E-state index contributed by atoms with van der Waals surface area (Å²) in [6, 6.07) is 52.5. The van der Waals surface area contributed by atoms with Crippen LogP contribution in [0, 0.1) is 24.5 Å². The molecular formula is C47H28N6. The molecule has 0 aliphatic carbocycles. The third kappa shape index (κ3) is 4.70. The fourth-order valence-corrected chi connectivity index (χ4v) is 8.21. The van der Waals surface area contributed by atoms with Gasteiger partial charge in [-0.2, -0.15) is 5.26 Å². The van der Waals surface area contributed by atoms with Gasteiger partial charge in [0.1, 0.15) is 0 Å². The predicted octanol–water partition coefficient (Wildman–Crippen LogP) is 12.0. The molecule has 3 heterocycles. The molecule has 1 aliphatic rings. The second kappa shape index (κ2) is 11.7. The third-order valence-electron chi connectivity index (χ3n) is 10.6. The Kier molecular flexibility index (Phi) is 6.70. The van der Waals surface area contributed by atoms with E-state index in [9.17, 15) is 5.26 Å². The lowest BCUT2D eigenvalue weighted by atomic mass is 9.95. The molecule has 0 unspecified atom stereocenters. The summed E-state index contributed by atoms with van der Waals surface area (Å²) < 4.78 is 4.57. The number of hydrogen-bond acceptors (Lipinski definition) is 2. The topological polar surface area (TPSA) is 45.6 Å². The summed E-state index contributed by atoms with van der Waals surface area (Å²) in [5.74, 6) is 0. The molecule has 0 fully saturated rings. The van der Waals surface area contributed by atoms with E-state index >= 15 is 0 Å². The van der Waals surface area contributed by atoms with E-state index in [0.717, 1.165) is 73.6 Å². The lowest BCUT2D eigenvalue weighted by Gasteiger charge is -2.24. The van der Waals surface area contributed by atoms with Gasteiger partial charge in [-0.05, 0) is 118 Å². The van der Waals surface area contributed by atoms with Crippen LogP contribution in [-0.4, -0.2) is 9.13 Å². The Morgan fingerprint density at radius 2 is 0.981 bits per heavy atom. The zero-order valence-corrected chi connectivity index (χ0v) is 28.5. The quantitative estimate of drug-likeness (QED) is 0.175. The van der Waals surface area contributed by atoms with Gasteiger partial charge in [0.15, 0.2) is 11.4 Å². The van der Waals surface area contributed by atoms with Crippen LogP contribution in [0.3, 0.4) is 0 Å². The summed E-state index contributed by atoms with van der Waals surface area (Å²) in [5.41, 5.74) is 13.9. The minimum atomic E-state index is 0.572. The van der Waals surface area contributed by atoms with E-state index in [0.29, 0.717) is 16.9 Å². The maximum absolute atomic E-state index is 9.72. The van der Waals surface area contributed by atoms with Gasteiger partial charge in [0, 0.05) is 40.9 Å². The van der Waals surface area contributed by atoms with E-state index in [1.54, 1.807) is 0 Å². The van der Waals surface area contributed by atoms with Crippen molar-refractivity contribution in [2.75, 3.05) is 4.90 Å². The molecule has 9 aromatic rings. The first kappa shape index (κ1) is 30.3. The number of hydrogen-bond donors (Lipinski definition) is 0. The number of anilines is 1. The maximum Gasteiger partial charge on any atom is 0.188 e. The van der Waals surface area contributed by atoms with Crippen molar-refractivity contribution in [3.05, 3.63) is 185 Å². The molecule has 0 saturated carbocycles. The third-order valence-corrected chi connectivity index (χ3v) is 10.6. The van der Waals surface area contributed by atoms with Crippen LogP contribution in [0.25, 0.3) is 75.8 Å². The maximum atomic E-state index is 9.72. The van der Waals surface area contributed by atoms with Crippen LogP contribution in [0.1, 0.15) is 16.7 Å². The number of nitrogens with zero attached hydrogens (tertiary/aromatic N) is 6. The van der Waals surface area contributed by atoms with Crippen molar-refractivity contribution in [1.82, 2.24) is 9.13 Å². The Hall–Kier alpha value is -7.59. The Bertz CT molecular complexity index is 3040. The second-order valence-corrected chi connectivity index (χ2v) is 13.5. The average Bonchev–Trinajstić information content (AvgIpc) is 3.66. The summed E-state index contributed by atoms with van der Waals surface area (Å²) in [6.45, 7) is 16.8. The second-order valence-electron chi connectivity index (χ2n) is 13.5. The highest BCUT2D eigenvalue weighted by Crippen LogP contribution is 2.42. The highest BCUT2D eigenvalue weighted by molar-refractivity contribution is 6.12. The Morgan fingerprint density at radius 1 is 0.472 bits per heavy atom. The number of fused-ring (bicyclic) bond motifs is 9. The normalized spacial score (nSPS) is 12.3. The molecule has 53 heavy (non-hydrogen) atoms. The SMILES string of the molecule is [C-]#[N+]c1ccc2c(c1)c1cc([N+]#[C-])ccc1n2-c1ccc2c(c1)-c1cc(-n3c4ccccc4c4cc(C#N)ccc43)ccc1CN(c1ccccc1)C2. The van der Waals surface area contributed by atoms with Crippen molar-refractivity contribution in [1.29, 1.82) is 5.26 Å². The number of benzene rings is 7. The zero-order chi connectivity index (χ0) is 35.6. The van der Waals surface area contributed by atoms with Crippen LogP contribution in [0.15, 0.2) is 146 Å². The van der Waals surface area contributed by atoms with Crippen molar-refractivity contribution in [3.63, 3.8) is 0 Å². The first-order valence-electron chi connectivity index (χ1n) is 17.5. The molecule has 0 radical (unpaired) electrons. The molecule has 0 bridgehead atoms. The van der Waals surface area contributed by atoms with Gasteiger partial charge in [-0.15, -0.1) is 0 Å². The molecule has 1 aliphatic heterocycles. The molecule has 2 aromatic heterocycles. The van der Waals surface area contributed by atoms with Gasteiger partial charge in [0.2, 0.25) is 0 Å². The van der Waals surface area contributed by atoms with E-state index in [4.69, 9.17) is 13.1 Å². The molecule has 0 atom stereocenters. The van der Waals surface area contributed by atoms with Gasteiger partial charge in [-0.25, -0.2) is 9.69 Å². The van der Waals surface area contributed by atoms with Crippen LogP contribution in [0.5, 0.6) is 0 Å². The molecule has 0 spiro atoms. The van der Waals surface area contributed by atoms with Gasteiger partial charge >= 0.3 is 0 Å². The molecule has 7 aromatic carbocycles. The smallest absolute Gasteiger partial charge is 0.188 e. The Labute approximate surface area is 305 Å². The fraction of sp³-hybridized carbons (Fsp3) is 0.0426. The molecule has 0 N–H and O–H groups in total. The van der Waals surface area contributed by atoms with Gasteiger partial charge in [-0.3, -0.25) is 0 Å². The zero-order valence-electron chi connectivity index (χ0n) is 28.5. The monoisotopic (exact) mass is 676 g/mol. The van der Waals surface area contributed by atoms with Crippen LogP contribution >= 0.6 is 0 Å².